The van der Waals surface area contributed by atoms with Crippen LogP contribution in [0.3, 0.4) is 0 Å². The van der Waals surface area contributed by atoms with E-state index in [2.05, 4.69) is 15.5 Å². The van der Waals surface area contributed by atoms with Gasteiger partial charge in [0.1, 0.15) is 5.82 Å². The van der Waals surface area contributed by atoms with Crippen LogP contribution in [0.25, 0.3) is 0 Å². The molecule has 2 N–H and O–H groups in total. The summed E-state index contributed by atoms with van der Waals surface area (Å²) in [5, 5.41) is 6.26. The summed E-state index contributed by atoms with van der Waals surface area (Å²) in [4.78, 5) is 14.6. The van der Waals surface area contributed by atoms with Crippen molar-refractivity contribution in [1.29, 1.82) is 0 Å². The normalized spacial score (nSPS) is 16.6. The lowest BCUT2D eigenvalue weighted by molar-refractivity contribution is -0.123. The average molecular weight is 424 g/mol. The number of carbonyl (C=O) groups excluding carboxylic acids is 1. The molecule has 6 nitrogen and oxygen atoms in total. The maximum atomic E-state index is 13.6. The minimum atomic E-state index is -0.263. The SMILES string of the molecule is COc1ccc(CNC(=O)CN2CCNCC2c2cccc(F)c2)cc1OC.Cl. The van der Waals surface area contributed by atoms with Gasteiger partial charge < -0.3 is 20.1 Å². The van der Waals surface area contributed by atoms with Gasteiger partial charge in [0, 0.05) is 32.2 Å². The molecule has 1 fully saturated rings. The summed E-state index contributed by atoms with van der Waals surface area (Å²) in [5.74, 6) is 0.942. The van der Waals surface area contributed by atoms with Gasteiger partial charge in [-0.25, -0.2) is 4.39 Å². The van der Waals surface area contributed by atoms with Crippen molar-refractivity contribution in [2.75, 3.05) is 40.4 Å². The van der Waals surface area contributed by atoms with Crippen LogP contribution in [0, 0.1) is 5.82 Å². The molecule has 1 unspecified atom stereocenters. The lowest BCUT2D eigenvalue weighted by Gasteiger charge is -2.36. The largest absolute Gasteiger partial charge is 0.493 e. The van der Waals surface area contributed by atoms with Crippen molar-refractivity contribution in [3.63, 3.8) is 0 Å². The number of hydrogen-bond donors (Lipinski definition) is 2. The Balaban J connectivity index is 0.00000300. The van der Waals surface area contributed by atoms with Gasteiger partial charge in [-0.15, -0.1) is 12.4 Å². The maximum absolute atomic E-state index is 13.6. The van der Waals surface area contributed by atoms with Crippen molar-refractivity contribution >= 4 is 18.3 Å². The quantitative estimate of drug-likeness (QED) is 0.716. The molecule has 0 saturated carbocycles. The van der Waals surface area contributed by atoms with Crippen LogP contribution in [0.1, 0.15) is 17.2 Å². The number of halogens is 2. The molecular formula is C21H27ClFN3O3. The summed E-state index contributed by atoms with van der Waals surface area (Å²) in [6.07, 6.45) is 0. The molecule has 0 spiro atoms. The molecule has 2 aromatic carbocycles. The van der Waals surface area contributed by atoms with Crippen LogP contribution in [0.15, 0.2) is 42.5 Å². The number of amides is 1. The van der Waals surface area contributed by atoms with Gasteiger partial charge in [-0.2, -0.15) is 0 Å². The molecule has 0 aliphatic carbocycles. The Bertz CT molecular complexity index is 822. The van der Waals surface area contributed by atoms with E-state index in [1.54, 1.807) is 20.3 Å². The van der Waals surface area contributed by atoms with E-state index in [1.165, 1.54) is 12.1 Å². The number of carbonyl (C=O) groups is 1. The Hall–Kier alpha value is -2.35. The highest BCUT2D eigenvalue weighted by Crippen LogP contribution is 2.27. The van der Waals surface area contributed by atoms with Gasteiger partial charge in [-0.3, -0.25) is 9.69 Å². The molecule has 1 saturated heterocycles. The Labute approximate surface area is 176 Å². The van der Waals surface area contributed by atoms with Crippen molar-refractivity contribution < 1.29 is 18.7 Å². The Morgan fingerprint density at radius 2 is 2.00 bits per heavy atom. The second-order valence-corrected chi connectivity index (χ2v) is 6.71. The van der Waals surface area contributed by atoms with Crippen LogP contribution in [0.5, 0.6) is 11.5 Å². The lowest BCUT2D eigenvalue weighted by Crippen LogP contribution is -2.49. The van der Waals surface area contributed by atoms with Gasteiger partial charge in [-0.1, -0.05) is 18.2 Å². The first kappa shape index (κ1) is 22.9. The van der Waals surface area contributed by atoms with Gasteiger partial charge in [-0.05, 0) is 35.4 Å². The highest BCUT2D eigenvalue weighted by atomic mass is 35.5. The Kier molecular flexibility index (Phi) is 8.70. The third-order valence-corrected chi connectivity index (χ3v) is 4.87. The third kappa shape index (κ3) is 6.06. The third-order valence-electron chi connectivity index (χ3n) is 4.87. The van der Waals surface area contributed by atoms with E-state index in [-0.39, 0.29) is 36.7 Å². The van der Waals surface area contributed by atoms with E-state index in [1.807, 2.05) is 24.3 Å². The van der Waals surface area contributed by atoms with Crippen molar-refractivity contribution in [2.24, 2.45) is 0 Å². The second-order valence-electron chi connectivity index (χ2n) is 6.71. The minimum Gasteiger partial charge on any atom is -0.493 e. The summed E-state index contributed by atoms with van der Waals surface area (Å²) in [6, 6.07) is 12.1. The molecule has 1 heterocycles. The van der Waals surface area contributed by atoms with Gasteiger partial charge >= 0.3 is 0 Å². The predicted octanol–water partition coefficient (Wildman–Crippen LogP) is 2.53. The molecule has 0 bridgehead atoms. The predicted molar refractivity (Wildman–Crippen MR) is 112 cm³/mol. The van der Waals surface area contributed by atoms with Gasteiger partial charge in [0.05, 0.1) is 20.8 Å². The van der Waals surface area contributed by atoms with Crippen molar-refractivity contribution in [3.8, 4) is 11.5 Å². The molecule has 0 aromatic heterocycles. The number of nitrogens with zero attached hydrogens (tertiary/aromatic N) is 1. The first-order chi connectivity index (χ1) is 13.6. The van der Waals surface area contributed by atoms with Crippen LogP contribution in [0.2, 0.25) is 0 Å². The van der Waals surface area contributed by atoms with Crippen LogP contribution in [-0.4, -0.2) is 51.2 Å². The van der Waals surface area contributed by atoms with E-state index in [4.69, 9.17) is 9.47 Å². The monoisotopic (exact) mass is 423 g/mol. The Morgan fingerprint density at radius 3 is 2.72 bits per heavy atom. The van der Waals surface area contributed by atoms with Crippen LogP contribution in [-0.2, 0) is 11.3 Å². The van der Waals surface area contributed by atoms with Crippen LogP contribution in [0.4, 0.5) is 4.39 Å². The van der Waals surface area contributed by atoms with E-state index in [9.17, 15) is 9.18 Å². The summed E-state index contributed by atoms with van der Waals surface area (Å²) < 4.78 is 24.1. The fourth-order valence-corrected chi connectivity index (χ4v) is 3.41. The van der Waals surface area contributed by atoms with E-state index < -0.39 is 0 Å². The molecule has 2 aromatic rings. The van der Waals surface area contributed by atoms with E-state index in [0.29, 0.717) is 24.6 Å². The smallest absolute Gasteiger partial charge is 0.234 e. The zero-order valence-corrected chi connectivity index (χ0v) is 17.4. The van der Waals surface area contributed by atoms with Gasteiger partial charge in [0.25, 0.3) is 0 Å². The molecule has 29 heavy (non-hydrogen) atoms. The summed E-state index contributed by atoms with van der Waals surface area (Å²) in [6.45, 7) is 2.87. The summed E-state index contributed by atoms with van der Waals surface area (Å²) in [5.41, 5.74) is 1.80. The van der Waals surface area contributed by atoms with Crippen molar-refractivity contribution in [3.05, 3.63) is 59.4 Å². The minimum absolute atomic E-state index is 0. The number of nitrogens with one attached hydrogen (secondary N) is 2. The number of rotatable bonds is 7. The molecule has 1 amide bonds. The van der Waals surface area contributed by atoms with E-state index >= 15 is 0 Å². The molecule has 1 aliphatic heterocycles. The van der Waals surface area contributed by atoms with Crippen LogP contribution >= 0.6 is 12.4 Å². The zero-order chi connectivity index (χ0) is 19.9. The molecule has 1 aliphatic rings. The number of hydrogen-bond acceptors (Lipinski definition) is 5. The second kappa shape index (κ2) is 11.0. The molecule has 0 radical (unpaired) electrons. The van der Waals surface area contributed by atoms with Crippen molar-refractivity contribution in [1.82, 2.24) is 15.5 Å². The lowest BCUT2D eigenvalue weighted by atomic mass is 10.0. The number of methoxy groups -OCH3 is 2. The molecule has 3 rings (SSSR count). The number of benzene rings is 2. The maximum Gasteiger partial charge on any atom is 0.234 e. The highest BCUT2D eigenvalue weighted by Gasteiger charge is 2.25. The Morgan fingerprint density at radius 1 is 1.21 bits per heavy atom. The topological polar surface area (TPSA) is 62.8 Å². The average Bonchev–Trinajstić information content (AvgIpc) is 2.72. The fourth-order valence-electron chi connectivity index (χ4n) is 3.41. The first-order valence-electron chi connectivity index (χ1n) is 9.28. The molecular weight excluding hydrogens is 397 g/mol. The summed E-state index contributed by atoms with van der Waals surface area (Å²) >= 11 is 0. The highest BCUT2D eigenvalue weighted by molar-refractivity contribution is 5.85. The van der Waals surface area contributed by atoms with Gasteiger partial charge in [0.15, 0.2) is 11.5 Å². The van der Waals surface area contributed by atoms with E-state index in [0.717, 1.165) is 24.2 Å². The molecule has 1 atom stereocenters. The molecule has 8 heteroatoms. The van der Waals surface area contributed by atoms with Crippen LogP contribution < -0.4 is 20.1 Å². The zero-order valence-electron chi connectivity index (χ0n) is 16.6. The molecule has 158 valence electrons. The standard InChI is InChI=1S/C21H26FN3O3.ClH/c1-27-19-7-6-15(10-20(19)28-2)12-24-21(26)14-25-9-8-23-13-18(25)16-4-3-5-17(22)11-16;/h3-7,10-11,18,23H,8-9,12-14H2,1-2H3,(H,24,26);1H. The number of ether oxygens (including phenoxy) is 2. The van der Waals surface area contributed by atoms with Crippen molar-refractivity contribution in [2.45, 2.75) is 12.6 Å². The summed E-state index contributed by atoms with van der Waals surface area (Å²) in [7, 11) is 3.17. The number of piperazine rings is 1. The fraction of sp³-hybridized carbons (Fsp3) is 0.381. The first-order valence-corrected chi connectivity index (χ1v) is 9.28. The van der Waals surface area contributed by atoms with Gasteiger partial charge in [0.2, 0.25) is 5.91 Å².